The Morgan fingerprint density at radius 3 is 2.84 bits per heavy atom. The molecule has 0 bridgehead atoms. The van der Waals surface area contributed by atoms with Gasteiger partial charge in [-0.05, 0) is 0 Å². The number of rotatable bonds is 5. The molecule has 2 aliphatic heterocycles. The number of carbonyl (C=O) groups is 2. The number of nitrogens with one attached hydrogen (secondary N) is 1. The maximum absolute atomic E-state index is 12.3. The Bertz CT molecular complexity index is 784. The summed E-state index contributed by atoms with van der Waals surface area (Å²) in [6.45, 7) is 2.73. The number of anilines is 1. The number of nitrogens with zero attached hydrogens (tertiary/aromatic N) is 2. The van der Waals surface area contributed by atoms with Crippen molar-refractivity contribution < 1.29 is 35.1 Å². The van der Waals surface area contributed by atoms with Crippen LogP contribution in [0, 0.1) is 5.92 Å². The first-order valence-electron chi connectivity index (χ1n) is 7.99. The van der Waals surface area contributed by atoms with Gasteiger partial charge in [0.25, 0.3) is 0 Å². The van der Waals surface area contributed by atoms with Gasteiger partial charge in [-0.15, -0.1) is 0 Å². The molecule has 2 saturated heterocycles. The molecule has 0 saturated carbocycles. The Morgan fingerprint density at radius 2 is 2.20 bits per heavy atom. The molecule has 3 rings (SSSR count). The van der Waals surface area contributed by atoms with E-state index >= 15 is 0 Å². The second kappa shape index (κ2) is 6.69. The minimum absolute atomic E-state index is 0.0585. The maximum atomic E-state index is 12.3. The second-order valence-electron chi connectivity index (χ2n) is 5.69. The Hall–Kier alpha value is -2.66. The number of ether oxygens (including phenoxy) is 3. The van der Waals surface area contributed by atoms with Gasteiger partial charge in [0.15, 0.2) is 24.2 Å². The highest BCUT2D eigenvalue weighted by Crippen LogP contribution is 2.36. The normalized spacial score (nSPS) is 31.1. The summed E-state index contributed by atoms with van der Waals surface area (Å²) in [6, 6.07) is 1.27. The number of aromatic nitrogens is 2. The fraction of sp³-hybridized carbons (Fsp3) is 0.571. The van der Waals surface area contributed by atoms with Crippen LogP contribution in [0.15, 0.2) is 17.1 Å². The molecule has 136 valence electrons. The van der Waals surface area contributed by atoms with E-state index in [0.29, 0.717) is 0 Å². The summed E-state index contributed by atoms with van der Waals surface area (Å²) in [7, 11) is 0. The lowest BCUT2D eigenvalue weighted by atomic mass is 10.1. The van der Waals surface area contributed by atoms with Gasteiger partial charge in [-0.25, -0.2) is 19.9 Å². The van der Waals surface area contributed by atoms with Gasteiger partial charge in [0, 0.05) is 12.3 Å². The number of aliphatic hydroxyl groups excluding tert-OH is 1. The molecule has 0 aromatic carbocycles. The molecule has 25 heavy (non-hydrogen) atoms. The van der Waals surface area contributed by atoms with Crippen LogP contribution in [0.1, 0.15) is 21.4 Å². The average Bonchev–Trinajstić information content (AvgIpc) is 3.10. The van der Waals surface area contributed by atoms with Crippen molar-refractivity contribution in [2.75, 3.05) is 12.1 Å². The number of carbonyl (C=O) groups excluding carboxylic acids is 2. The van der Waals surface area contributed by atoms with Crippen molar-refractivity contribution >= 4 is 17.9 Å². The molecule has 4 atom stereocenters. The predicted molar refractivity (Wildman–Crippen MR) is 79.2 cm³/mol. The van der Waals surface area contributed by atoms with Crippen molar-refractivity contribution in [2.45, 2.75) is 38.4 Å². The average molecular weight is 356 g/mol. The number of hydrogen-bond acceptors (Lipinski definition) is 10. The molecule has 2 fully saturated rings. The molecule has 1 aromatic heterocycles. The van der Waals surface area contributed by atoms with Crippen molar-refractivity contribution in [1.29, 1.82) is 0 Å². The van der Waals surface area contributed by atoms with Crippen molar-refractivity contribution in [2.24, 2.45) is 5.92 Å². The van der Waals surface area contributed by atoms with Crippen LogP contribution in [0.5, 0.6) is 0 Å². The minimum Gasteiger partial charge on any atom is -0.424 e. The number of hydrogen-bond donors (Lipinski definition) is 2. The summed E-state index contributed by atoms with van der Waals surface area (Å²) in [5, 5.41) is 9.34. The highest BCUT2D eigenvalue weighted by molar-refractivity contribution is 5.72. The van der Waals surface area contributed by atoms with Crippen LogP contribution in [0.3, 0.4) is 0 Å². The van der Waals surface area contributed by atoms with Gasteiger partial charge in [0.2, 0.25) is 0 Å². The van der Waals surface area contributed by atoms with Gasteiger partial charge in [0.1, 0.15) is 6.10 Å². The molecule has 0 unspecified atom stereocenters. The van der Waals surface area contributed by atoms with Crippen molar-refractivity contribution in [3.63, 3.8) is 0 Å². The van der Waals surface area contributed by atoms with E-state index in [1.807, 2.05) is 0 Å². The highest BCUT2D eigenvalue weighted by atomic mass is 16.8. The molecule has 0 aliphatic carbocycles. The second-order valence-corrected chi connectivity index (χ2v) is 5.69. The molecule has 0 spiro atoms. The fourth-order valence-corrected chi connectivity index (χ4v) is 2.31. The molecule has 3 heterocycles. The van der Waals surface area contributed by atoms with Gasteiger partial charge in [-0.1, -0.05) is 13.8 Å². The quantitative estimate of drug-likeness (QED) is 0.527. The van der Waals surface area contributed by atoms with E-state index in [2.05, 4.69) is 10.5 Å². The van der Waals surface area contributed by atoms with Gasteiger partial charge in [0.05, 0.1) is 13.9 Å². The summed E-state index contributed by atoms with van der Waals surface area (Å²) >= 11 is 0. The Balaban J connectivity index is 1.84. The van der Waals surface area contributed by atoms with Crippen LogP contribution >= 0.6 is 0 Å². The lowest BCUT2D eigenvalue weighted by Crippen LogP contribution is -2.34. The standard InChI is InChI=1S/C14H17N3O8/c1-6(2)12(19)25-16-8-3-4-17(13(20)15-8)11-10-9(7(5-18)22-11)23-14(21)24-10/h3-4,6-7,9-11,18H,5H2,1-2H3,(H,15,16,20)/t7-,9-,10-,11-/m1/s1/i11D. The highest BCUT2D eigenvalue weighted by Gasteiger charge is 2.55. The Kier molecular flexibility index (Phi) is 4.24. The summed E-state index contributed by atoms with van der Waals surface area (Å²) in [5.74, 6) is -0.983. The van der Waals surface area contributed by atoms with Crippen molar-refractivity contribution in [3.8, 4) is 0 Å². The van der Waals surface area contributed by atoms with Crippen LogP contribution < -0.4 is 11.2 Å². The van der Waals surface area contributed by atoms with Crippen LogP contribution in [0.4, 0.5) is 10.6 Å². The van der Waals surface area contributed by atoms with Gasteiger partial charge >= 0.3 is 17.8 Å². The lowest BCUT2D eigenvalue weighted by molar-refractivity contribution is -0.144. The van der Waals surface area contributed by atoms with E-state index in [0.717, 1.165) is 10.8 Å². The van der Waals surface area contributed by atoms with Gasteiger partial charge in [-0.2, -0.15) is 4.98 Å². The van der Waals surface area contributed by atoms with Crippen molar-refractivity contribution in [3.05, 3.63) is 22.7 Å². The van der Waals surface area contributed by atoms with E-state index < -0.39 is 48.9 Å². The largest absolute Gasteiger partial charge is 0.509 e. The van der Waals surface area contributed by atoms with Crippen LogP contribution in [-0.4, -0.2) is 51.7 Å². The van der Waals surface area contributed by atoms with Crippen LogP contribution in [-0.2, 0) is 23.8 Å². The topological polar surface area (TPSA) is 138 Å². The first-order valence-corrected chi connectivity index (χ1v) is 7.49. The summed E-state index contributed by atoms with van der Waals surface area (Å²) in [5.41, 5.74) is 1.32. The van der Waals surface area contributed by atoms with Crippen LogP contribution in [0.25, 0.3) is 0 Å². The molecule has 11 nitrogen and oxygen atoms in total. The van der Waals surface area contributed by atoms with Crippen molar-refractivity contribution in [1.82, 2.24) is 9.55 Å². The Labute approximate surface area is 142 Å². The summed E-state index contributed by atoms with van der Waals surface area (Å²) in [6.07, 6.45) is -5.33. The SMILES string of the molecule is [2H][C@@]1(n2ccc(NOC(=O)C(C)C)nc2=O)O[C@H](CO)[C@H]2OC(=O)O[C@H]21. The molecule has 1 aromatic rings. The first kappa shape index (κ1) is 15.8. The minimum atomic E-state index is -2.17. The third kappa shape index (κ3) is 3.28. The smallest absolute Gasteiger partial charge is 0.424 e. The number of fused-ring (bicyclic) bond motifs is 1. The predicted octanol–water partition coefficient (Wildman–Crippen LogP) is -0.437. The molecule has 0 amide bonds. The first-order chi connectivity index (χ1) is 12.3. The zero-order chi connectivity index (χ0) is 19.1. The third-order valence-electron chi connectivity index (χ3n) is 3.58. The monoisotopic (exact) mass is 356 g/mol. The summed E-state index contributed by atoms with van der Waals surface area (Å²) < 4.78 is 24.4. The molecular weight excluding hydrogens is 338 g/mol. The molecular formula is C14H17N3O8. The fourth-order valence-electron chi connectivity index (χ4n) is 2.31. The van der Waals surface area contributed by atoms with E-state index in [1.165, 1.54) is 6.07 Å². The van der Waals surface area contributed by atoms with Gasteiger partial charge in [-0.3, -0.25) is 4.57 Å². The van der Waals surface area contributed by atoms with Crippen LogP contribution in [0.2, 0.25) is 0 Å². The zero-order valence-corrected chi connectivity index (χ0v) is 13.4. The molecule has 2 aliphatic rings. The van der Waals surface area contributed by atoms with E-state index in [-0.39, 0.29) is 11.7 Å². The molecule has 2 N–H and O–H groups in total. The Morgan fingerprint density at radius 1 is 1.48 bits per heavy atom. The molecule has 0 radical (unpaired) electrons. The lowest BCUT2D eigenvalue weighted by Gasteiger charge is -2.18. The van der Waals surface area contributed by atoms with Gasteiger partial charge < -0.3 is 24.2 Å². The van der Waals surface area contributed by atoms with E-state index in [1.54, 1.807) is 13.8 Å². The third-order valence-corrected chi connectivity index (χ3v) is 3.58. The van der Waals surface area contributed by atoms with E-state index in [4.69, 9.17) is 20.4 Å². The zero-order valence-electron chi connectivity index (χ0n) is 14.4. The van der Waals surface area contributed by atoms with E-state index in [9.17, 15) is 19.5 Å². The maximum Gasteiger partial charge on any atom is 0.509 e. The number of aliphatic hydroxyl groups is 1. The molecule has 11 heteroatoms. The summed E-state index contributed by atoms with van der Waals surface area (Å²) in [4.78, 5) is 43.5.